The number of carboxylic acids is 1. The molecule has 27 heavy (non-hydrogen) atoms. The summed E-state index contributed by atoms with van der Waals surface area (Å²) in [6, 6.07) is 5.44. The van der Waals surface area contributed by atoms with E-state index >= 15 is 0 Å². The molecule has 1 saturated carbocycles. The molecule has 7 heteroatoms. The number of hydrogen-bond acceptors (Lipinski definition) is 6. The molecule has 1 aliphatic rings. The van der Waals surface area contributed by atoms with Crippen LogP contribution >= 0.6 is 0 Å². The van der Waals surface area contributed by atoms with Gasteiger partial charge in [0.15, 0.2) is 17.3 Å². The number of aromatic nitrogens is 1. The maximum absolute atomic E-state index is 13.1. The first kappa shape index (κ1) is 19.1. The predicted octanol–water partition coefficient (Wildman–Crippen LogP) is 3.24. The van der Waals surface area contributed by atoms with Crippen molar-refractivity contribution in [2.75, 3.05) is 6.61 Å². The van der Waals surface area contributed by atoms with Gasteiger partial charge in [-0.1, -0.05) is 12.1 Å². The second-order valence-corrected chi connectivity index (χ2v) is 6.95. The minimum Gasteiger partial charge on any atom is -0.481 e. The molecular formula is C20H23NO6. The Morgan fingerprint density at radius 1 is 1.22 bits per heavy atom. The number of aryl methyl sites for hydroxylation is 1. The molecule has 0 spiro atoms. The third-order valence-electron chi connectivity index (χ3n) is 5.17. The topological polar surface area (TPSA) is 107 Å². The van der Waals surface area contributed by atoms with Gasteiger partial charge >= 0.3 is 11.9 Å². The Balaban J connectivity index is 1.89. The Hall–Kier alpha value is -2.70. The van der Waals surface area contributed by atoms with E-state index in [4.69, 9.17) is 14.3 Å². The fraction of sp³-hybridized carbons (Fsp3) is 0.500. The zero-order valence-corrected chi connectivity index (χ0v) is 15.4. The van der Waals surface area contributed by atoms with Crippen molar-refractivity contribution in [2.24, 2.45) is 11.8 Å². The highest BCUT2D eigenvalue weighted by Gasteiger charge is 2.40. The summed E-state index contributed by atoms with van der Waals surface area (Å²) in [4.78, 5) is 41.1. The number of nitrogens with zero attached hydrogens (tertiary/aromatic N) is 1. The molecule has 1 atom stereocenters. The number of Topliss-reactive ketones (excluding diaryl/α,β-unsaturated/α-hetero) is 1. The predicted molar refractivity (Wildman–Crippen MR) is 96.2 cm³/mol. The average Bonchev–Trinajstić information content (AvgIpc) is 3.07. The molecular weight excluding hydrogens is 350 g/mol. The van der Waals surface area contributed by atoms with Gasteiger partial charge in [0, 0.05) is 5.92 Å². The number of esters is 1. The number of ketones is 1. The van der Waals surface area contributed by atoms with Crippen LogP contribution in [0.15, 0.2) is 22.6 Å². The molecule has 1 unspecified atom stereocenters. The van der Waals surface area contributed by atoms with E-state index in [2.05, 4.69) is 4.98 Å². The van der Waals surface area contributed by atoms with Crippen molar-refractivity contribution in [3.63, 3.8) is 0 Å². The maximum Gasteiger partial charge on any atom is 0.326 e. The summed E-state index contributed by atoms with van der Waals surface area (Å²) in [7, 11) is 0. The van der Waals surface area contributed by atoms with Crippen molar-refractivity contribution in [1.29, 1.82) is 0 Å². The Morgan fingerprint density at radius 2 is 1.89 bits per heavy atom. The number of hydrogen-bond donors (Lipinski definition) is 1. The quantitative estimate of drug-likeness (QED) is 0.612. The van der Waals surface area contributed by atoms with Crippen LogP contribution in [0.5, 0.6) is 0 Å². The van der Waals surface area contributed by atoms with Crippen molar-refractivity contribution >= 4 is 28.8 Å². The number of aliphatic carboxylic acids is 1. The number of fused-ring (bicyclic) bond motifs is 1. The minimum atomic E-state index is -1.22. The number of carboxylic acid groups (broad SMARTS) is 1. The summed E-state index contributed by atoms with van der Waals surface area (Å²) in [5.41, 5.74) is 2.02. The molecule has 7 nitrogen and oxygen atoms in total. The molecule has 2 aromatic rings. The number of rotatable bonds is 6. The van der Waals surface area contributed by atoms with Crippen LogP contribution in [0, 0.1) is 18.8 Å². The van der Waals surface area contributed by atoms with E-state index in [0.717, 1.165) is 5.56 Å². The number of carbonyl (C=O) groups is 3. The third kappa shape index (κ3) is 3.86. The van der Waals surface area contributed by atoms with Crippen LogP contribution in [0.2, 0.25) is 0 Å². The summed E-state index contributed by atoms with van der Waals surface area (Å²) in [6.07, 6.45) is 1.72. The SMILES string of the molecule is CCOC(=O)C(C(=O)C1CCC(C(=O)O)CC1)c1nc2c(C)cccc2o1. The fourth-order valence-electron chi connectivity index (χ4n) is 3.65. The van der Waals surface area contributed by atoms with E-state index in [-0.39, 0.29) is 18.3 Å². The first-order chi connectivity index (χ1) is 12.9. The van der Waals surface area contributed by atoms with Gasteiger partial charge in [0.2, 0.25) is 5.89 Å². The lowest BCUT2D eigenvalue weighted by Crippen LogP contribution is -2.33. The molecule has 1 aromatic heterocycles. The summed E-state index contributed by atoms with van der Waals surface area (Å²) < 4.78 is 10.8. The zero-order chi connectivity index (χ0) is 19.6. The van der Waals surface area contributed by atoms with Crippen LogP contribution in [0.3, 0.4) is 0 Å². The van der Waals surface area contributed by atoms with Gasteiger partial charge < -0.3 is 14.3 Å². The minimum absolute atomic E-state index is 0.0445. The van der Waals surface area contributed by atoms with Crippen molar-refractivity contribution in [1.82, 2.24) is 4.98 Å². The molecule has 1 fully saturated rings. The number of carbonyl (C=O) groups excluding carboxylic acids is 2. The van der Waals surface area contributed by atoms with E-state index in [1.807, 2.05) is 19.1 Å². The summed E-state index contributed by atoms with van der Waals surface area (Å²) in [5, 5.41) is 9.13. The maximum atomic E-state index is 13.1. The largest absolute Gasteiger partial charge is 0.481 e. The molecule has 0 saturated heterocycles. The fourth-order valence-corrected chi connectivity index (χ4v) is 3.65. The average molecular weight is 373 g/mol. The van der Waals surface area contributed by atoms with Crippen molar-refractivity contribution in [2.45, 2.75) is 45.4 Å². The third-order valence-corrected chi connectivity index (χ3v) is 5.17. The van der Waals surface area contributed by atoms with Crippen LogP contribution in [-0.4, -0.2) is 34.4 Å². The molecule has 0 radical (unpaired) electrons. The van der Waals surface area contributed by atoms with Crippen molar-refractivity contribution < 1.29 is 28.6 Å². The molecule has 1 N–H and O–H groups in total. The normalized spacial score (nSPS) is 21.0. The summed E-state index contributed by atoms with van der Waals surface area (Å²) in [6.45, 7) is 3.70. The van der Waals surface area contributed by atoms with Gasteiger partial charge in [0.25, 0.3) is 0 Å². The smallest absolute Gasteiger partial charge is 0.326 e. The van der Waals surface area contributed by atoms with E-state index in [1.165, 1.54) is 0 Å². The van der Waals surface area contributed by atoms with E-state index in [1.54, 1.807) is 13.0 Å². The molecule has 0 amide bonds. The van der Waals surface area contributed by atoms with Crippen molar-refractivity contribution in [3.05, 3.63) is 29.7 Å². The van der Waals surface area contributed by atoms with Crippen LogP contribution in [0.1, 0.15) is 50.0 Å². The highest BCUT2D eigenvalue weighted by Crippen LogP contribution is 2.35. The first-order valence-corrected chi connectivity index (χ1v) is 9.21. The number of oxazole rings is 1. The number of ether oxygens (including phenoxy) is 1. The molecule has 0 bridgehead atoms. The van der Waals surface area contributed by atoms with E-state index in [9.17, 15) is 14.4 Å². The van der Waals surface area contributed by atoms with Crippen LogP contribution in [-0.2, 0) is 19.1 Å². The van der Waals surface area contributed by atoms with Gasteiger partial charge in [-0.2, -0.15) is 0 Å². The highest BCUT2D eigenvalue weighted by molar-refractivity contribution is 6.05. The van der Waals surface area contributed by atoms with Gasteiger partial charge in [-0.3, -0.25) is 14.4 Å². The lowest BCUT2D eigenvalue weighted by atomic mass is 9.77. The standard InChI is InChI=1S/C20H23NO6/c1-3-26-20(25)15(17(22)12-7-9-13(10-8-12)19(23)24)18-21-16-11(2)5-4-6-14(16)27-18/h4-6,12-13,15H,3,7-10H2,1-2H3,(H,23,24). The van der Waals surface area contributed by atoms with E-state index in [0.29, 0.717) is 36.8 Å². The van der Waals surface area contributed by atoms with Gasteiger partial charge in [0.05, 0.1) is 12.5 Å². The lowest BCUT2D eigenvalue weighted by Gasteiger charge is -2.26. The van der Waals surface area contributed by atoms with Gasteiger partial charge in [-0.25, -0.2) is 4.98 Å². The monoisotopic (exact) mass is 373 g/mol. The zero-order valence-electron chi connectivity index (χ0n) is 15.4. The van der Waals surface area contributed by atoms with Gasteiger partial charge in [0.1, 0.15) is 5.52 Å². The molecule has 1 aromatic carbocycles. The van der Waals surface area contributed by atoms with Crippen molar-refractivity contribution in [3.8, 4) is 0 Å². The molecule has 1 aliphatic carbocycles. The highest BCUT2D eigenvalue weighted by atomic mass is 16.5. The summed E-state index contributed by atoms with van der Waals surface area (Å²) in [5.74, 6) is -3.81. The van der Waals surface area contributed by atoms with Crippen LogP contribution < -0.4 is 0 Å². The second kappa shape index (κ2) is 7.90. The number of para-hydroxylation sites is 1. The Morgan fingerprint density at radius 3 is 2.48 bits per heavy atom. The second-order valence-electron chi connectivity index (χ2n) is 6.95. The van der Waals surface area contributed by atoms with E-state index < -0.39 is 29.7 Å². The Labute approximate surface area is 156 Å². The Bertz CT molecular complexity index is 862. The van der Waals surface area contributed by atoms with Crippen LogP contribution in [0.4, 0.5) is 0 Å². The van der Waals surface area contributed by atoms with Gasteiger partial charge in [-0.15, -0.1) is 0 Å². The lowest BCUT2D eigenvalue weighted by molar-refractivity contribution is -0.151. The number of benzene rings is 1. The molecule has 144 valence electrons. The summed E-state index contributed by atoms with van der Waals surface area (Å²) >= 11 is 0. The first-order valence-electron chi connectivity index (χ1n) is 9.21. The molecule has 3 rings (SSSR count). The van der Waals surface area contributed by atoms with Crippen LogP contribution in [0.25, 0.3) is 11.1 Å². The molecule has 0 aliphatic heterocycles. The Kier molecular flexibility index (Phi) is 5.58. The molecule has 1 heterocycles. The van der Waals surface area contributed by atoms with Gasteiger partial charge in [-0.05, 0) is 51.2 Å².